The molecule has 33 heavy (non-hydrogen) atoms. The van der Waals surface area contributed by atoms with Crippen molar-refractivity contribution in [2.45, 2.75) is 114 Å². The fourth-order valence-electron chi connectivity index (χ4n) is 6.65. The molecule has 4 atom stereocenters. The van der Waals surface area contributed by atoms with E-state index in [9.17, 15) is 19.8 Å². The van der Waals surface area contributed by atoms with Crippen molar-refractivity contribution in [1.29, 1.82) is 0 Å². The molecule has 0 aromatic heterocycles. The summed E-state index contributed by atoms with van der Waals surface area (Å²) in [6.07, 6.45) is 5.80. The molecule has 5 aliphatic rings. The van der Waals surface area contributed by atoms with Crippen LogP contribution in [0.1, 0.15) is 85.0 Å². The van der Waals surface area contributed by atoms with E-state index in [0.717, 1.165) is 32.1 Å². The predicted molar refractivity (Wildman–Crippen MR) is 119 cm³/mol. The number of carbonyl (C=O) groups is 2. The largest absolute Gasteiger partial charge is 0.444 e. The molecule has 2 amide bonds. The van der Waals surface area contributed by atoms with Gasteiger partial charge in [-0.2, -0.15) is 0 Å². The topological polar surface area (TPSA) is 126 Å². The number of rotatable bonds is 7. The standard InChI is InChI=1S/C24H40N2O7/c1-22(2,3)31-21(29)25-8-6-19(28)26-23-11-15-9-16(12-23)20(17(10-15)13-23)32-33-24(30)7-4-5-18(27)14-24/h15-18,20,27,30H,4-14H2,1-3H3,(H,25,29)(H,26,28)/t15?,16?,17?,18?,20?,23?,24-/m1/s1. The van der Waals surface area contributed by atoms with Gasteiger partial charge in [-0.05, 0) is 83.5 Å². The third kappa shape index (κ3) is 6.18. The van der Waals surface area contributed by atoms with E-state index in [1.54, 1.807) is 20.8 Å². The van der Waals surface area contributed by atoms with Gasteiger partial charge >= 0.3 is 6.09 Å². The van der Waals surface area contributed by atoms with E-state index in [1.165, 1.54) is 0 Å². The lowest BCUT2D eigenvalue weighted by Gasteiger charge is -2.59. The monoisotopic (exact) mass is 468 g/mol. The van der Waals surface area contributed by atoms with Crippen LogP contribution in [-0.4, -0.2) is 57.9 Å². The Labute approximate surface area is 195 Å². The maximum Gasteiger partial charge on any atom is 0.407 e. The van der Waals surface area contributed by atoms with Crippen LogP contribution in [0.4, 0.5) is 4.79 Å². The zero-order valence-corrected chi connectivity index (χ0v) is 20.1. The molecule has 0 radical (unpaired) electrons. The van der Waals surface area contributed by atoms with Gasteiger partial charge in [-0.1, -0.05) is 0 Å². The summed E-state index contributed by atoms with van der Waals surface area (Å²) in [6.45, 7) is 5.63. The van der Waals surface area contributed by atoms with Gasteiger partial charge in [-0.25, -0.2) is 14.6 Å². The molecule has 0 spiro atoms. The maximum atomic E-state index is 12.7. The van der Waals surface area contributed by atoms with Gasteiger partial charge < -0.3 is 25.6 Å². The summed E-state index contributed by atoms with van der Waals surface area (Å²) in [7, 11) is 0. The smallest absolute Gasteiger partial charge is 0.407 e. The van der Waals surface area contributed by atoms with Crippen molar-refractivity contribution in [3.8, 4) is 0 Å². The number of carbonyl (C=O) groups excluding carboxylic acids is 2. The van der Waals surface area contributed by atoms with Crippen LogP contribution in [0.3, 0.4) is 0 Å². The second-order valence-electron chi connectivity index (χ2n) is 11.8. The fourth-order valence-corrected chi connectivity index (χ4v) is 6.65. The Morgan fingerprint density at radius 2 is 1.79 bits per heavy atom. The summed E-state index contributed by atoms with van der Waals surface area (Å²) < 4.78 is 5.21. The van der Waals surface area contributed by atoms with E-state index in [0.29, 0.717) is 25.2 Å². The lowest BCUT2D eigenvalue weighted by atomic mass is 9.51. The van der Waals surface area contributed by atoms with Crippen molar-refractivity contribution in [1.82, 2.24) is 10.6 Å². The maximum absolute atomic E-state index is 12.7. The van der Waals surface area contributed by atoms with Crippen LogP contribution in [0.15, 0.2) is 0 Å². The van der Waals surface area contributed by atoms with E-state index in [4.69, 9.17) is 14.5 Å². The highest BCUT2D eigenvalue weighted by molar-refractivity contribution is 5.78. The Bertz CT molecular complexity index is 723. The molecule has 0 aromatic carbocycles. The number of alkyl carbamates (subject to hydrolysis) is 1. The summed E-state index contributed by atoms with van der Waals surface area (Å²) in [5.41, 5.74) is -0.794. The number of aliphatic hydroxyl groups is 2. The van der Waals surface area contributed by atoms with E-state index < -0.39 is 23.6 Å². The summed E-state index contributed by atoms with van der Waals surface area (Å²) in [5.74, 6) is -0.379. The third-order valence-electron chi connectivity index (χ3n) is 7.59. The fraction of sp³-hybridized carbons (Fsp3) is 0.917. The average Bonchev–Trinajstić information content (AvgIpc) is 2.64. The van der Waals surface area contributed by atoms with Gasteiger partial charge in [0.15, 0.2) is 0 Å². The molecule has 5 aliphatic carbocycles. The molecule has 0 saturated heterocycles. The molecule has 0 heterocycles. The van der Waals surface area contributed by atoms with Crippen LogP contribution in [0.25, 0.3) is 0 Å². The SMILES string of the molecule is CC(C)(C)OC(=O)NCCC(=O)NC12CC3CC(C1)C(OO[C@]1(O)CCCC(O)C1)C(C3)C2. The van der Waals surface area contributed by atoms with Crippen molar-refractivity contribution >= 4 is 12.0 Å². The number of nitrogens with one attached hydrogen (secondary N) is 2. The molecule has 5 fully saturated rings. The molecule has 0 aromatic rings. The first-order valence-electron chi connectivity index (χ1n) is 12.5. The molecule has 0 aliphatic heterocycles. The van der Waals surface area contributed by atoms with Gasteiger partial charge in [0.1, 0.15) is 5.60 Å². The third-order valence-corrected chi connectivity index (χ3v) is 7.59. The molecule has 5 saturated carbocycles. The molecule has 9 nitrogen and oxygen atoms in total. The zero-order valence-electron chi connectivity index (χ0n) is 20.1. The van der Waals surface area contributed by atoms with Gasteiger partial charge in [0.25, 0.3) is 0 Å². The second kappa shape index (κ2) is 9.32. The zero-order chi connectivity index (χ0) is 23.9. The van der Waals surface area contributed by atoms with Gasteiger partial charge in [-0.3, -0.25) is 4.79 Å². The van der Waals surface area contributed by atoms with Crippen molar-refractivity contribution in [3.05, 3.63) is 0 Å². The van der Waals surface area contributed by atoms with E-state index >= 15 is 0 Å². The highest BCUT2D eigenvalue weighted by Gasteiger charge is 2.57. The van der Waals surface area contributed by atoms with Gasteiger partial charge in [0.05, 0.1) is 12.2 Å². The van der Waals surface area contributed by atoms with Crippen LogP contribution in [0, 0.1) is 17.8 Å². The molecule has 4 N–H and O–H groups in total. The molecule has 188 valence electrons. The highest BCUT2D eigenvalue weighted by Crippen LogP contribution is 2.56. The highest BCUT2D eigenvalue weighted by atomic mass is 17.2. The van der Waals surface area contributed by atoms with Crippen molar-refractivity contribution in [2.24, 2.45) is 17.8 Å². The molecular formula is C24H40N2O7. The molecule has 9 heteroatoms. The first kappa shape index (κ1) is 24.7. The first-order valence-corrected chi connectivity index (χ1v) is 12.5. The first-order chi connectivity index (χ1) is 15.4. The van der Waals surface area contributed by atoms with Crippen LogP contribution < -0.4 is 10.6 Å². The minimum atomic E-state index is -1.42. The Morgan fingerprint density at radius 3 is 2.42 bits per heavy atom. The lowest BCUT2D eigenvalue weighted by molar-refractivity contribution is -0.461. The Morgan fingerprint density at radius 1 is 1.09 bits per heavy atom. The van der Waals surface area contributed by atoms with E-state index in [2.05, 4.69) is 10.6 Å². The quantitative estimate of drug-likeness (QED) is 0.257. The van der Waals surface area contributed by atoms with Gasteiger partial charge in [-0.15, -0.1) is 0 Å². The van der Waals surface area contributed by atoms with E-state index in [-0.39, 0.29) is 48.8 Å². The summed E-state index contributed by atoms with van der Waals surface area (Å²) >= 11 is 0. The number of aliphatic hydroxyl groups excluding tert-OH is 1. The predicted octanol–water partition coefficient (Wildman–Crippen LogP) is 2.54. The summed E-state index contributed by atoms with van der Waals surface area (Å²) in [6, 6.07) is 0. The number of hydrogen-bond donors (Lipinski definition) is 4. The summed E-state index contributed by atoms with van der Waals surface area (Å²) in [5, 5.41) is 26.4. The Kier molecular flexibility index (Phi) is 6.98. The molecular weight excluding hydrogens is 428 g/mol. The molecule has 5 rings (SSSR count). The summed E-state index contributed by atoms with van der Waals surface area (Å²) in [4.78, 5) is 35.8. The van der Waals surface area contributed by atoms with E-state index in [1.807, 2.05) is 0 Å². The van der Waals surface area contributed by atoms with Crippen LogP contribution >= 0.6 is 0 Å². The van der Waals surface area contributed by atoms with Crippen molar-refractivity contribution < 1.29 is 34.3 Å². The molecule has 3 unspecified atom stereocenters. The average molecular weight is 469 g/mol. The Hall–Kier alpha value is -1.42. The van der Waals surface area contributed by atoms with Gasteiger partial charge in [0.2, 0.25) is 11.7 Å². The van der Waals surface area contributed by atoms with Crippen LogP contribution in [-0.2, 0) is 19.3 Å². The lowest BCUT2D eigenvalue weighted by Crippen LogP contribution is -2.64. The second-order valence-corrected chi connectivity index (χ2v) is 11.8. The minimum absolute atomic E-state index is 0.0627. The number of hydrogen-bond acceptors (Lipinski definition) is 7. The van der Waals surface area contributed by atoms with Crippen molar-refractivity contribution in [3.63, 3.8) is 0 Å². The normalized spacial score (nSPS) is 39.8. The van der Waals surface area contributed by atoms with Gasteiger partial charge in [0, 0.05) is 31.3 Å². The Balaban J connectivity index is 1.26. The van der Waals surface area contributed by atoms with Crippen molar-refractivity contribution in [2.75, 3.05) is 6.54 Å². The van der Waals surface area contributed by atoms with Crippen LogP contribution in [0.2, 0.25) is 0 Å². The van der Waals surface area contributed by atoms with Crippen LogP contribution in [0.5, 0.6) is 0 Å². The minimum Gasteiger partial charge on any atom is -0.444 e. The number of amides is 2. The number of ether oxygens (including phenoxy) is 1. The molecule has 4 bridgehead atoms.